The second kappa shape index (κ2) is 13.7. The van der Waals surface area contributed by atoms with Crippen LogP contribution in [0.4, 0.5) is 30.6 Å². The highest BCUT2D eigenvalue weighted by Gasteiger charge is 2.39. The monoisotopic (exact) mass is 590 g/mol. The number of halogens is 3. The Morgan fingerprint density at radius 1 is 1.05 bits per heavy atom. The van der Waals surface area contributed by atoms with Crippen LogP contribution in [0.15, 0.2) is 30.5 Å². The van der Waals surface area contributed by atoms with Gasteiger partial charge in [-0.3, -0.25) is 9.59 Å². The van der Waals surface area contributed by atoms with Crippen LogP contribution in [-0.4, -0.2) is 103 Å². The number of nitrogens with zero attached hydrogens (tertiary/aromatic N) is 5. The van der Waals surface area contributed by atoms with Gasteiger partial charge >= 0.3 is 6.18 Å². The molecule has 1 saturated heterocycles. The van der Waals surface area contributed by atoms with Crippen molar-refractivity contribution in [3.8, 4) is 0 Å². The van der Waals surface area contributed by atoms with Gasteiger partial charge in [0.1, 0.15) is 11.4 Å². The molecule has 2 amide bonds. The number of anilines is 3. The maximum absolute atomic E-state index is 13.9. The zero-order valence-corrected chi connectivity index (χ0v) is 24.7. The summed E-state index contributed by atoms with van der Waals surface area (Å²) in [5, 5.41) is 8.73. The lowest BCUT2D eigenvalue weighted by Crippen LogP contribution is -2.44. The van der Waals surface area contributed by atoms with Gasteiger partial charge in [-0.2, -0.15) is 18.2 Å². The molecule has 3 N–H and O–H groups in total. The highest BCUT2D eigenvalue weighted by molar-refractivity contribution is 5.94. The maximum Gasteiger partial charge on any atom is 0.421 e. The predicted molar refractivity (Wildman–Crippen MR) is 156 cm³/mol. The van der Waals surface area contributed by atoms with Gasteiger partial charge in [0, 0.05) is 49.7 Å². The summed E-state index contributed by atoms with van der Waals surface area (Å²) in [6, 6.07) is 6.40. The fraction of sp³-hybridized carbons (Fsp3) is 0.586. The molecular formula is C29H41F3N8O2. The van der Waals surface area contributed by atoms with Crippen molar-refractivity contribution in [3.05, 3.63) is 41.6 Å². The number of amides is 2. The molecule has 2 atom stereocenters. The van der Waals surface area contributed by atoms with Gasteiger partial charge in [-0.15, -0.1) is 0 Å². The molecule has 2 heterocycles. The summed E-state index contributed by atoms with van der Waals surface area (Å²) in [6.45, 7) is 3.02. The SMILES string of the molecule is CN(C)CCNC(=O)[C@H]1CCC[C@H]1Nc1nc(Nc2ccc(C(=O)N(C)C3CCN(C)CC3)cc2)ncc1C(F)(F)F. The maximum atomic E-state index is 13.9. The van der Waals surface area contributed by atoms with Crippen LogP contribution < -0.4 is 16.0 Å². The molecule has 13 heteroatoms. The summed E-state index contributed by atoms with van der Waals surface area (Å²) in [6.07, 6.45) is -0.235. The zero-order chi connectivity index (χ0) is 30.4. The standard InChI is InChI=1S/C29H41F3N8O2/c1-38(2)17-14-33-26(41)22-6-5-7-24(22)36-25-23(29(30,31)32)18-34-28(37-25)35-20-10-8-19(9-11-20)27(42)40(4)21-12-15-39(3)16-13-21/h8-11,18,21-22,24H,5-7,12-17H2,1-4H3,(H,33,41)(H2,34,35,36,37)/t22-,24+/m0/s1. The van der Waals surface area contributed by atoms with Gasteiger partial charge in [0.15, 0.2) is 0 Å². The first-order valence-corrected chi connectivity index (χ1v) is 14.4. The number of rotatable bonds is 10. The van der Waals surface area contributed by atoms with Gasteiger partial charge in [0.2, 0.25) is 11.9 Å². The van der Waals surface area contributed by atoms with E-state index >= 15 is 0 Å². The number of nitrogens with one attached hydrogen (secondary N) is 3. The summed E-state index contributed by atoms with van der Waals surface area (Å²) in [5.41, 5.74) is 0.0524. The lowest BCUT2D eigenvalue weighted by Gasteiger charge is -2.35. The fourth-order valence-corrected chi connectivity index (χ4v) is 5.49. The summed E-state index contributed by atoms with van der Waals surface area (Å²) < 4.78 is 41.6. The first-order valence-electron chi connectivity index (χ1n) is 14.4. The van der Waals surface area contributed by atoms with Crippen LogP contribution >= 0.6 is 0 Å². The van der Waals surface area contributed by atoms with Crippen molar-refractivity contribution in [2.75, 3.05) is 65.0 Å². The van der Waals surface area contributed by atoms with Gasteiger partial charge < -0.3 is 30.7 Å². The van der Waals surface area contributed by atoms with Crippen LogP contribution in [0, 0.1) is 5.92 Å². The minimum absolute atomic E-state index is 0.0296. The van der Waals surface area contributed by atoms with Gasteiger partial charge in [-0.25, -0.2) is 4.98 Å². The quantitative estimate of drug-likeness (QED) is 0.385. The van der Waals surface area contributed by atoms with Crippen molar-refractivity contribution in [3.63, 3.8) is 0 Å². The summed E-state index contributed by atoms with van der Waals surface area (Å²) in [4.78, 5) is 39.8. The normalized spacial score (nSPS) is 20.0. The van der Waals surface area contributed by atoms with E-state index in [1.54, 1.807) is 29.2 Å². The molecule has 0 radical (unpaired) electrons. The number of carbonyl (C=O) groups excluding carboxylic acids is 2. The van der Waals surface area contributed by atoms with E-state index in [2.05, 4.69) is 37.9 Å². The summed E-state index contributed by atoms with van der Waals surface area (Å²) in [5.74, 6) is -1.12. The van der Waals surface area contributed by atoms with Crippen LogP contribution in [0.5, 0.6) is 0 Å². The second-order valence-corrected chi connectivity index (χ2v) is 11.5. The van der Waals surface area contributed by atoms with Gasteiger partial charge in [0.05, 0.1) is 5.92 Å². The molecule has 42 heavy (non-hydrogen) atoms. The Bertz CT molecular complexity index is 1220. The first kappa shape index (κ1) is 31.5. The largest absolute Gasteiger partial charge is 0.421 e. The third-order valence-electron chi connectivity index (χ3n) is 8.07. The molecular weight excluding hydrogens is 549 g/mol. The minimum atomic E-state index is -4.68. The van der Waals surface area contributed by atoms with Crippen molar-refractivity contribution in [1.29, 1.82) is 0 Å². The third kappa shape index (κ3) is 8.09. The number of alkyl halides is 3. The van der Waals surface area contributed by atoms with Gasteiger partial charge in [-0.1, -0.05) is 6.42 Å². The van der Waals surface area contributed by atoms with E-state index in [1.165, 1.54) is 0 Å². The minimum Gasteiger partial charge on any atom is -0.366 e. The van der Waals surface area contributed by atoms with E-state index in [0.29, 0.717) is 37.2 Å². The van der Waals surface area contributed by atoms with Gasteiger partial charge in [0.25, 0.3) is 5.91 Å². The number of hydrogen-bond acceptors (Lipinski definition) is 8. The first-order chi connectivity index (χ1) is 19.9. The fourth-order valence-electron chi connectivity index (χ4n) is 5.49. The van der Waals surface area contributed by atoms with E-state index in [4.69, 9.17) is 0 Å². The van der Waals surface area contributed by atoms with Crippen LogP contribution in [0.25, 0.3) is 0 Å². The topological polar surface area (TPSA) is 106 Å². The van der Waals surface area contributed by atoms with Crippen molar-refractivity contribution >= 4 is 29.3 Å². The molecule has 0 spiro atoms. The molecule has 2 aliphatic rings. The average molecular weight is 591 g/mol. The molecule has 1 aliphatic heterocycles. The Morgan fingerprint density at radius 2 is 1.74 bits per heavy atom. The Morgan fingerprint density at radius 3 is 2.38 bits per heavy atom. The van der Waals surface area contributed by atoms with E-state index in [9.17, 15) is 22.8 Å². The van der Waals surface area contributed by atoms with Crippen LogP contribution in [0.2, 0.25) is 0 Å². The molecule has 4 rings (SSSR count). The molecule has 1 saturated carbocycles. The van der Waals surface area contributed by atoms with Crippen LogP contribution in [-0.2, 0) is 11.0 Å². The lowest BCUT2D eigenvalue weighted by molar-refractivity contribution is -0.137. The Kier molecular flexibility index (Phi) is 10.3. The van der Waals surface area contributed by atoms with Crippen molar-refractivity contribution in [2.24, 2.45) is 5.92 Å². The second-order valence-electron chi connectivity index (χ2n) is 11.5. The van der Waals surface area contributed by atoms with E-state index in [-0.39, 0.29) is 29.6 Å². The lowest BCUT2D eigenvalue weighted by atomic mass is 10.0. The number of aromatic nitrogens is 2. The molecule has 1 aliphatic carbocycles. The third-order valence-corrected chi connectivity index (χ3v) is 8.07. The van der Waals surface area contributed by atoms with Crippen LogP contribution in [0.3, 0.4) is 0 Å². The Labute approximate surface area is 245 Å². The number of likely N-dealkylation sites (N-methyl/N-ethyl adjacent to an activating group) is 1. The molecule has 2 fully saturated rings. The predicted octanol–water partition coefficient (Wildman–Crippen LogP) is 3.66. The molecule has 2 aromatic rings. The molecule has 10 nitrogen and oxygen atoms in total. The smallest absolute Gasteiger partial charge is 0.366 e. The zero-order valence-electron chi connectivity index (χ0n) is 24.7. The van der Waals surface area contributed by atoms with Crippen molar-refractivity contribution in [1.82, 2.24) is 30.0 Å². The number of benzene rings is 1. The number of carbonyl (C=O) groups is 2. The number of likely N-dealkylation sites (tertiary alicyclic amines) is 1. The number of piperidine rings is 1. The Hall–Kier alpha value is -3.45. The molecule has 230 valence electrons. The molecule has 0 unspecified atom stereocenters. The highest BCUT2D eigenvalue weighted by Crippen LogP contribution is 2.36. The van der Waals surface area contributed by atoms with Crippen molar-refractivity contribution in [2.45, 2.75) is 50.4 Å². The summed E-state index contributed by atoms with van der Waals surface area (Å²) in [7, 11) is 7.68. The van der Waals surface area contributed by atoms with E-state index in [1.807, 2.05) is 26.0 Å². The van der Waals surface area contributed by atoms with E-state index < -0.39 is 23.7 Å². The van der Waals surface area contributed by atoms with E-state index in [0.717, 1.165) is 38.5 Å². The van der Waals surface area contributed by atoms with Crippen LogP contribution in [0.1, 0.15) is 48.0 Å². The average Bonchev–Trinajstić information content (AvgIpc) is 3.40. The molecule has 1 aromatic heterocycles. The Balaban J connectivity index is 1.44. The highest BCUT2D eigenvalue weighted by atomic mass is 19.4. The molecule has 0 bridgehead atoms. The number of hydrogen-bond donors (Lipinski definition) is 3. The van der Waals surface area contributed by atoms with Crippen molar-refractivity contribution < 1.29 is 22.8 Å². The molecule has 1 aromatic carbocycles. The van der Waals surface area contributed by atoms with Gasteiger partial charge in [-0.05, 0) is 84.2 Å². The summed E-state index contributed by atoms with van der Waals surface area (Å²) >= 11 is 0.